The number of nitrogens with zero attached hydrogens (tertiary/aromatic N) is 1. The molecule has 1 aromatic rings. The van der Waals surface area contributed by atoms with Crippen LogP contribution in [0.25, 0.3) is 0 Å². The summed E-state index contributed by atoms with van der Waals surface area (Å²) in [6, 6.07) is 3.97. The van der Waals surface area contributed by atoms with E-state index in [-0.39, 0.29) is 11.7 Å². The van der Waals surface area contributed by atoms with Crippen LogP contribution in [-0.4, -0.2) is 4.92 Å². The van der Waals surface area contributed by atoms with Gasteiger partial charge in [0.2, 0.25) is 0 Å². The molecule has 70 valence electrons. The van der Waals surface area contributed by atoms with E-state index in [1.165, 1.54) is 18.2 Å². The summed E-state index contributed by atoms with van der Waals surface area (Å²) < 4.78 is 0. The highest BCUT2D eigenvalue weighted by molar-refractivity contribution is 6.30. The van der Waals surface area contributed by atoms with Crippen molar-refractivity contribution < 1.29 is 4.92 Å². The van der Waals surface area contributed by atoms with Crippen LogP contribution >= 0.6 is 11.6 Å². The molecule has 2 N–H and O–H groups in total. The van der Waals surface area contributed by atoms with Crippen LogP contribution in [0.2, 0.25) is 5.02 Å². The van der Waals surface area contributed by atoms with E-state index in [2.05, 4.69) is 0 Å². The van der Waals surface area contributed by atoms with Gasteiger partial charge in [-0.1, -0.05) is 11.6 Å². The van der Waals surface area contributed by atoms with Crippen LogP contribution < -0.4 is 5.73 Å². The third kappa shape index (κ3) is 2.17. The van der Waals surface area contributed by atoms with Gasteiger partial charge in [0.15, 0.2) is 0 Å². The molecule has 0 saturated heterocycles. The predicted octanol–water partition coefficient (Wildman–Crippen LogP) is 2.27. The summed E-state index contributed by atoms with van der Waals surface area (Å²) in [5, 5.41) is 11.0. The van der Waals surface area contributed by atoms with E-state index in [4.69, 9.17) is 17.3 Å². The zero-order valence-corrected chi connectivity index (χ0v) is 7.78. The Morgan fingerprint density at radius 2 is 2.23 bits per heavy atom. The van der Waals surface area contributed by atoms with Crippen LogP contribution in [0.15, 0.2) is 18.2 Å². The Labute approximate surface area is 80.5 Å². The van der Waals surface area contributed by atoms with E-state index in [9.17, 15) is 10.1 Å². The molecule has 1 atom stereocenters. The van der Waals surface area contributed by atoms with Gasteiger partial charge in [-0.05, 0) is 19.1 Å². The van der Waals surface area contributed by atoms with Crippen molar-refractivity contribution in [1.82, 2.24) is 0 Å². The molecule has 5 heteroatoms. The molecule has 0 aromatic heterocycles. The molecular formula is C8H9ClN2O2. The second-order valence-electron chi connectivity index (χ2n) is 2.75. The number of hydrogen-bond acceptors (Lipinski definition) is 3. The van der Waals surface area contributed by atoms with Crippen LogP contribution in [0.4, 0.5) is 5.69 Å². The molecule has 0 radical (unpaired) electrons. The highest BCUT2D eigenvalue weighted by atomic mass is 35.5. The number of rotatable bonds is 2. The van der Waals surface area contributed by atoms with Gasteiger partial charge in [0.05, 0.1) is 4.92 Å². The smallest absolute Gasteiger partial charge is 0.274 e. The molecule has 0 saturated carbocycles. The van der Waals surface area contributed by atoms with Crippen LogP contribution in [0, 0.1) is 10.1 Å². The summed E-state index contributed by atoms with van der Waals surface area (Å²) in [6.45, 7) is 1.68. The van der Waals surface area contributed by atoms with Gasteiger partial charge in [-0.2, -0.15) is 0 Å². The molecule has 0 amide bonds. The van der Waals surface area contributed by atoms with Crippen LogP contribution in [-0.2, 0) is 0 Å². The maximum Gasteiger partial charge on any atom is 0.274 e. The Balaban J connectivity index is 3.26. The molecule has 13 heavy (non-hydrogen) atoms. The Morgan fingerprint density at radius 1 is 1.62 bits per heavy atom. The summed E-state index contributed by atoms with van der Waals surface area (Å²) in [4.78, 5) is 10.1. The highest BCUT2D eigenvalue weighted by Gasteiger charge is 2.16. The average Bonchev–Trinajstić information content (AvgIpc) is 2.03. The van der Waals surface area contributed by atoms with Gasteiger partial charge in [0.1, 0.15) is 0 Å². The molecule has 0 spiro atoms. The van der Waals surface area contributed by atoms with Crippen molar-refractivity contribution in [1.29, 1.82) is 0 Å². The fourth-order valence-corrected chi connectivity index (χ4v) is 1.24. The fraction of sp³-hybridized carbons (Fsp3) is 0.250. The molecule has 1 rings (SSSR count). The van der Waals surface area contributed by atoms with Gasteiger partial charge in [0, 0.05) is 22.7 Å². The lowest BCUT2D eigenvalue weighted by atomic mass is 10.1. The Hall–Kier alpha value is -1.13. The Bertz CT molecular complexity index is 339. The molecule has 4 nitrogen and oxygen atoms in total. The molecular weight excluding hydrogens is 192 g/mol. The summed E-state index contributed by atoms with van der Waals surface area (Å²) in [5.74, 6) is 0. The van der Waals surface area contributed by atoms with Crippen molar-refractivity contribution in [2.75, 3.05) is 0 Å². The first-order valence-electron chi connectivity index (χ1n) is 3.72. The van der Waals surface area contributed by atoms with Crippen LogP contribution in [0.3, 0.4) is 0 Å². The number of benzene rings is 1. The van der Waals surface area contributed by atoms with Gasteiger partial charge in [-0.15, -0.1) is 0 Å². The van der Waals surface area contributed by atoms with Gasteiger partial charge in [-0.25, -0.2) is 0 Å². The maximum atomic E-state index is 10.5. The highest BCUT2D eigenvalue weighted by Crippen LogP contribution is 2.26. The summed E-state index contributed by atoms with van der Waals surface area (Å²) >= 11 is 5.69. The summed E-state index contributed by atoms with van der Waals surface area (Å²) in [6.07, 6.45) is 0. The normalized spacial score (nSPS) is 12.5. The van der Waals surface area contributed by atoms with Gasteiger partial charge in [0.25, 0.3) is 5.69 Å². The lowest BCUT2D eigenvalue weighted by Gasteiger charge is -2.06. The van der Waals surface area contributed by atoms with Crippen LogP contribution in [0.1, 0.15) is 18.5 Å². The van der Waals surface area contributed by atoms with E-state index in [1.807, 2.05) is 0 Å². The zero-order chi connectivity index (χ0) is 10.0. The van der Waals surface area contributed by atoms with Crippen LogP contribution in [0.5, 0.6) is 0 Å². The largest absolute Gasteiger partial charge is 0.324 e. The third-order valence-electron chi connectivity index (χ3n) is 1.68. The summed E-state index contributed by atoms with van der Waals surface area (Å²) in [5.41, 5.74) is 6.03. The first kappa shape index (κ1) is 9.95. The van der Waals surface area contributed by atoms with Gasteiger partial charge >= 0.3 is 0 Å². The lowest BCUT2D eigenvalue weighted by molar-refractivity contribution is -0.385. The van der Waals surface area contributed by atoms with Crippen molar-refractivity contribution >= 4 is 17.3 Å². The number of hydrogen-bond donors (Lipinski definition) is 1. The van der Waals surface area contributed by atoms with Gasteiger partial charge in [-0.3, -0.25) is 10.1 Å². The molecule has 0 aliphatic heterocycles. The molecule has 0 fully saturated rings. The number of nitrogens with two attached hydrogens (primary N) is 1. The molecule has 0 aliphatic carbocycles. The standard InChI is InChI=1S/C8H9ClN2O2/c1-5(10)7-4-6(9)2-3-8(7)11(12)13/h2-5H,10H2,1H3/t5-/m1/s1. The van der Waals surface area contributed by atoms with Crippen molar-refractivity contribution in [2.45, 2.75) is 13.0 Å². The van der Waals surface area contributed by atoms with Crippen molar-refractivity contribution in [3.05, 3.63) is 38.9 Å². The minimum absolute atomic E-state index is 0.0133. The molecule has 1 aromatic carbocycles. The van der Waals surface area contributed by atoms with E-state index < -0.39 is 4.92 Å². The molecule has 0 unspecified atom stereocenters. The predicted molar refractivity (Wildman–Crippen MR) is 50.7 cm³/mol. The van der Waals surface area contributed by atoms with Crippen molar-refractivity contribution in [2.24, 2.45) is 5.73 Å². The second kappa shape index (κ2) is 3.72. The minimum Gasteiger partial charge on any atom is -0.324 e. The quantitative estimate of drug-likeness (QED) is 0.588. The first-order valence-corrected chi connectivity index (χ1v) is 4.09. The van der Waals surface area contributed by atoms with Gasteiger partial charge < -0.3 is 5.73 Å². The maximum absolute atomic E-state index is 10.5. The van der Waals surface area contributed by atoms with E-state index in [0.29, 0.717) is 10.6 Å². The SMILES string of the molecule is C[C@@H](N)c1cc(Cl)ccc1[N+](=O)[O-]. The number of halogens is 1. The minimum atomic E-state index is -0.463. The second-order valence-corrected chi connectivity index (χ2v) is 3.19. The Kier molecular flexibility index (Phi) is 2.85. The third-order valence-corrected chi connectivity index (χ3v) is 1.91. The van der Waals surface area contributed by atoms with Crippen molar-refractivity contribution in [3.8, 4) is 0 Å². The fourth-order valence-electron chi connectivity index (χ4n) is 1.06. The first-order chi connectivity index (χ1) is 6.02. The average molecular weight is 201 g/mol. The topological polar surface area (TPSA) is 69.2 Å². The van der Waals surface area contributed by atoms with E-state index in [0.717, 1.165) is 0 Å². The Morgan fingerprint density at radius 3 is 2.69 bits per heavy atom. The molecule has 0 aliphatic rings. The zero-order valence-electron chi connectivity index (χ0n) is 7.03. The molecule has 0 heterocycles. The van der Waals surface area contributed by atoms with E-state index >= 15 is 0 Å². The van der Waals surface area contributed by atoms with Crippen molar-refractivity contribution in [3.63, 3.8) is 0 Å². The summed E-state index contributed by atoms with van der Waals surface area (Å²) in [7, 11) is 0. The number of nitro benzene ring substituents is 1. The number of nitro groups is 1. The van der Waals surface area contributed by atoms with E-state index in [1.54, 1.807) is 6.92 Å². The lowest BCUT2D eigenvalue weighted by Crippen LogP contribution is -2.07. The molecule has 0 bridgehead atoms. The monoisotopic (exact) mass is 200 g/mol.